The average molecular weight is 263 g/mol. The molecule has 0 bridgehead atoms. The van der Waals surface area contributed by atoms with Gasteiger partial charge in [-0.05, 0) is 31.0 Å². The lowest BCUT2D eigenvalue weighted by Crippen LogP contribution is -2.36. The molecule has 1 aromatic carbocycles. The summed E-state index contributed by atoms with van der Waals surface area (Å²) in [5, 5.41) is 20.5. The van der Waals surface area contributed by atoms with E-state index in [1.807, 2.05) is 0 Å². The van der Waals surface area contributed by atoms with Crippen LogP contribution in [0.5, 0.6) is 5.75 Å². The molecule has 1 fully saturated rings. The fourth-order valence-electron chi connectivity index (χ4n) is 2.35. The van der Waals surface area contributed by atoms with E-state index >= 15 is 0 Å². The van der Waals surface area contributed by atoms with E-state index in [-0.39, 0.29) is 17.7 Å². The van der Waals surface area contributed by atoms with Gasteiger partial charge >= 0.3 is 7.32 Å². The van der Waals surface area contributed by atoms with Crippen molar-refractivity contribution < 1.29 is 19.5 Å². The Morgan fingerprint density at radius 1 is 1.26 bits per heavy atom. The minimum absolute atomic E-state index is 0.148. The highest BCUT2D eigenvalue weighted by Crippen LogP contribution is 2.19. The summed E-state index contributed by atoms with van der Waals surface area (Å²) < 4.78 is 4.73. The summed E-state index contributed by atoms with van der Waals surface area (Å²) in [5.74, 6) is 0.107. The summed E-state index contributed by atoms with van der Waals surface area (Å²) in [6, 6.07) is 6.63. The first-order valence-corrected chi connectivity index (χ1v) is 6.59. The molecule has 1 aromatic rings. The van der Waals surface area contributed by atoms with Gasteiger partial charge in [-0.3, -0.25) is 4.79 Å². The van der Waals surface area contributed by atoms with Crippen LogP contribution in [0.15, 0.2) is 24.3 Å². The van der Waals surface area contributed by atoms with Crippen molar-refractivity contribution in [3.05, 3.63) is 29.8 Å². The Balaban J connectivity index is 1.97. The van der Waals surface area contributed by atoms with Crippen molar-refractivity contribution in [1.29, 1.82) is 0 Å². The third-order valence-corrected chi connectivity index (χ3v) is 3.28. The number of carbonyl (C=O) groups is 1. The SMILES string of the molecule is O=C(NC1CCCCC1)c1cccc(OB(O)O)c1. The Hall–Kier alpha value is -1.53. The minimum atomic E-state index is -1.88. The molecule has 0 heterocycles. The normalized spacial score (nSPS) is 15.9. The van der Waals surface area contributed by atoms with E-state index < -0.39 is 7.32 Å². The summed E-state index contributed by atoms with van der Waals surface area (Å²) in [6.07, 6.45) is 5.61. The average Bonchev–Trinajstić information content (AvgIpc) is 2.39. The van der Waals surface area contributed by atoms with Crippen LogP contribution in [0.1, 0.15) is 42.5 Å². The smallest absolute Gasteiger partial charge is 0.512 e. The fourth-order valence-corrected chi connectivity index (χ4v) is 2.35. The van der Waals surface area contributed by atoms with E-state index in [2.05, 4.69) is 5.32 Å². The molecule has 2 rings (SSSR count). The summed E-state index contributed by atoms with van der Waals surface area (Å²) in [4.78, 5) is 12.1. The molecule has 6 heteroatoms. The topological polar surface area (TPSA) is 78.8 Å². The highest BCUT2D eigenvalue weighted by Gasteiger charge is 2.17. The van der Waals surface area contributed by atoms with Crippen LogP contribution in [0.25, 0.3) is 0 Å². The van der Waals surface area contributed by atoms with Crippen molar-refractivity contribution in [3.63, 3.8) is 0 Å². The van der Waals surface area contributed by atoms with Gasteiger partial charge in [-0.2, -0.15) is 0 Å². The maximum absolute atomic E-state index is 12.1. The molecule has 1 saturated carbocycles. The number of amides is 1. The molecule has 5 nitrogen and oxygen atoms in total. The molecule has 0 spiro atoms. The third kappa shape index (κ3) is 4.26. The molecule has 0 saturated heterocycles. The summed E-state index contributed by atoms with van der Waals surface area (Å²) >= 11 is 0. The lowest BCUT2D eigenvalue weighted by atomic mass is 9.95. The number of carbonyl (C=O) groups excluding carboxylic acids is 1. The Labute approximate surface area is 112 Å². The van der Waals surface area contributed by atoms with Crippen LogP contribution in [0.3, 0.4) is 0 Å². The number of hydrogen-bond donors (Lipinski definition) is 3. The highest BCUT2D eigenvalue weighted by molar-refractivity contribution is 6.33. The van der Waals surface area contributed by atoms with E-state index in [0.717, 1.165) is 25.7 Å². The van der Waals surface area contributed by atoms with Crippen LogP contribution in [0.2, 0.25) is 0 Å². The van der Waals surface area contributed by atoms with Crippen molar-refractivity contribution in [2.45, 2.75) is 38.1 Å². The zero-order valence-electron chi connectivity index (χ0n) is 10.7. The zero-order valence-corrected chi connectivity index (χ0v) is 10.7. The van der Waals surface area contributed by atoms with Crippen LogP contribution >= 0.6 is 0 Å². The second kappa shape index (κ2) is 6.59. The van der Waals surface area contributed by atoms with Crippen molar-refractivity contribution in [2.75, 3.05) is 0 Å². The van der Waals surface area contributed by atoms with E-state index in [0.29, 0.717) is 5.56 Å². The van der Waals surface area contributed by atoms with Gasteiger partial charge in [-0.15, -0.1) is 0 Å². The van der Waals surface area contributed by atoms with Gasteiger partial charge in [-0.1, -0.05) is 25.3 Å². The van der Waals surface area contributed by atoms with Gasteiger partial charge in [0.05, 0.1) is 0 Å². The third-order valence-electron chi connectivity index (χ3n) is 3.28. The second-order valence-corrected chi connectivity index (χ2v) is 4.78. The molecule has 0 unspecified atom stereocenters. The van der Waals surface area contributed by atoms with Crippen molar-refractivity contribution in [3.8, 4) is 5.75 Å². The van der Waals surface area contributed by atoms with Crippen LogP contribution in [-0.2, 0) is 0 Å². The Morgan fingerprint density at radius 2 is 2.00 bits per heavy atom. The summed E-state index contributed by atoms with van der Waals surface area (Å²) in [6.45, 7) is 0. The van der Waals surface area contributed by atoms with E-state index in [4.69, 9.17) is 14.7 Å². The minimum Gasteiger partial charge on any atom is -0.512 e. The molecule has 19 heavy (non-hydrogen) atoms. The first-order chi connectivity index (χ1) is 9.15. The Bertz CT molecular complexity index is 432. The standard InChI is InChI=1S/C13H18BNO4/c16-13(15-11-6-2-1-3-7-11)10-5-4-8-12(9-10)19-14(17)18/h4-5,8-9,11,17-18H,1-3,6-7H2,(H,15,16). The van der Waals surface area contributed by atoms with E-state index in [9.17, 15) is 4.79 Å². The molecule has 0 radical (unpaired) electrons. The largest absolute Gasteiger partial charge is 0.707 e. The summed E-state index contributed by atoms with van der Waals surface area (Å²) in [5.41, 5.74) is 0.462. The molecule has 3 N–H and O–H groups in total. The number of benzene rings is 1. The van der Waals surface area contributed by atoms with Gasteiger partial charge in [0.1, 0.15) is 5.75 Å². The maximum atomic E-state index is 12.1. The molecular weight excluding hydrogens is 245 g/mol. The first kappa shape index (κ1) is 13.9. The molecule has 1 amide bonds. The van der Waals surface area contributed by atoms with Crippen LogP contribution in [0, 0.1) is 0 Å². The monoisotopic (exact) mass is 263 g/mol. The van der Waals surface area contributed by atoms with Gasteiger partial charge in [0.15, 0.2) is 0 Å². The van der Waals surface area contributed by atoms with Gasteiger partial charge < -0.3 is 20.0 Å². The van der Waals surface area contributed by atoms with Crippen molar-refractivity contribution >= 4 is 13.2 Å². The lowest BCUT2D eigenvalue weighted by molar-refractivity contribution is 0.0927. The second-order valence-electron chi connectivity index (χ2n) is 4.78. The number of rotatable bonds is 4. The van der Waals surface area contributed by atoms with Crippen molar-refractivity contribution in [2.24, 2.45) is 0 Å². The molecule has 0 aliphatic heterocycles. The highest BCUT2D eigenvalue weighted by atomic mass is 16.6. The lowest BCUT2D eigenvalue weighted by Gasteiger charge is -2.22. The number of hydrogen-bond acceptors (Lipinski definition) is 4. The predicted molar refractivity (Wildman–Crippen MR) is 71.6 cm³/mol. The molecule has 102 valence electrons. The molecular formula is C13H18BNO4. The quantitative estimate of drug-likeness (QED) is 0.711. The molecule has 0 aromatic heterocycles. The van der Waals surface area contributed by atoms with E-state index in [1.54, 1.807) is 18.2 Å². The van der Waals surface area contributed by atoms with Crippen LogP contribution in [0.4, 0.5) is 0 Å². The fraction of sp³-hybridized carbons (Fsp3) is 0.462. The molecule has 0 atom stereocenters. The van der Waals surface area contributed by atoms with Crippen molar-refractivity contribution in [1.82, 2.24) is 5.32 Å². The predicted octanol–water partition coefficient (Wildman–Crippen LogP) is 1.10. The Morgan fingerprint density at radius 3 is 2.68 bits per heavy atom. The maximum Gasteiger partial charge on any atom is 0.707 e. The Kier molecular flexibility index (Phi) is 4.82. The molecule has 1 aliphatic rings. The number of nitrogens with one attached hydrogen (secondary N) is 1. The van der Waals surface area contributed by atoms with Gasteiger partial charge in [0.2, 0.25) is 0 Å². The van der Waals surface area contributed by atoms with Crippen LogP contribution in [-0.4, -0.2) is 29.3 Å². The first-order valence-electron chi connectivity index (χ1n) is 6.59. The van der Waals surface area contributed by atoms with Gasteiger partial charge in [-0.25, -0.2) is 0 Å². The van der Waals surface area contributed by atoms with E-state index in [1.165, 1.54) is 12.5 Å². The van der Waals surface area contributed by atoms with Gasteiger partial charge in [0.25, 0.3) is 5.91 Å². The summed E-state index contributed by atoms with van der Waals surface area (Å²) in [7, 11) is -1.88. The zero-order chi connectivity index (χ0) is 13.7. The molecule has 1 aliphatic carbocycles. The van der Waals surface area contributed by atoms with Crippen LogP contribution < -0.4 is 9.97 Å². The van der Waals surface area contributed by atoms with Gasteiger partial charge in [0, 0.05) is 11.6 Å².